The number of hydrogen-bond donors (Lipinski definition) is 1. The molecule has 1 heterocycles. The van der Waals surface area contributed by atoms with E-state index in [2.05, 4.69) is 37.3 Å². The summed E-state index contributed by atoms with van der Waals surface area (Å²) in [5.41, 5.74) is 4.79. The Balaban J connectivity index is 2.06. The van der Waals surface area contributed by atoms with Gasteiger partial charge in [0.2, 0.25) is 0 Å². The van der Waals surface area contributed by atoms with Gasteiger partial charge in [0.1, 0.15) is 0 Å². The van der Waals surface area contributed by atoms with Crippen molar-refractivity contribution in [3.05, 3.63) is 34.9 Å². The number of halogens is 1. The minimum Gasteiger partial charge on any atom is -0.247 e. The van der Waals surface area contributed by atoms with Crippen LogP contribution in [0, 0.1) is 0 Å². The molecule has 0 aliphatic carbocycles. The lowest BCUT2D eigenvalue weighted by atomic mass is 9.99. The minimum atomic E-state index is 0.252. The monoisotopic (exact) mass is 266 g/mol. The van der Waals surface area contributed by atoms with Gasteiger partial charge in [0.25, 0.3) is 0 Å². The van der Waals surface area contributed by atoms with E-state index < -0.39 is 0 Å². The second kappa shape index (κ2) is 6.05. The zero-order chi connectivity index (χ0) is 13.1. The number of nitrogens with one attached hydrogen (secondary N) is 1. The lowest BCUT2D eigenvalue weighted by Gasteiger charge is -2.41. The van der Waals surface area contributed by atoms with Gasteiger partial charge in [0.05, 0.1) is 0 Å². The van der Waals surface area contributed by atoms with Gasteiger partial charge in [-0.05, 0) is 45.2 Å². The molecule has 1 saturated heterocycles. The topological polar surface area (TPSA) is 15.3 Å². The zero-order valence-electron chi connectivity index (χ0n) is 11.5. The van der Waals surface area contributed by atoms with Crippen LogP contribution in [0.5, 0.6) is 0 Å². The second-order valence-electron chi connectivity index (χ2n) is 5.41. The van der Waals surface area contributed by atoms with E-state index in [1.807, 2.05) is 18.2 Å². The molecular weight excluding hydrogens is 244 g/mol. The van der Waals surface area contributed by atoms with Gasteiger partial charge in [0, 0.05) is 23.1 Å². The number of hydrogen-bond acceptors (Lipinski definition) is 2. The van der Waals surface area contributed by atoms with Crippen molar-refractivity contribution in [2.45, 2.75) is 58.2 Å². The molecule has 1 N–H and O–H groups in total. The standard InChI is InChI=1S/C15H23ClN2/c1-11-7-6-8-12(2)18(11)17-13(3)14-9-4-5-10-15(14)16/h4-5,9-13,17H,6-8H2,1-3H3. The first-order chi connectivity index (χ1) is 8.59. The number of hydrazine groups is 1. The Morgan fingerprint density at radius 1 is 1.22 bits per heavy atom. The highest BCUT2D eigenvalue weighted by atomic mass is 35.5. The molecular formula is C15H23ClN2. The third-order valence-electron chi connectivity index (χ3n) is 3.91. The van der Waals surface area contributed by atoms with Crippen LogP contribution in [0.2, 0.25) is 5.02 Å². The maximum absolute atomic E-state index is 6.25. The summed E-state index contributed by atoms with van der Waals surface area (Å²) in [6.45, 7) is 6.76. The molecule has 0 amide bonds. The molecule has 1 aromatic carbocycles. The molecule has 100 valence electrons. The summed E-state index contributed by atoms with van der Waals surface area (Å²) in [5, 5.41) is 3.24. The highest BCUT2D eigenvalue weighted by Gasteiger charge is 2.26. The van der Waals surface area contributed by atoms with E-state index >= 15 is 0 Å². The van der Waals surface area contributed by atoms with E-state index in [1.54, 1.807) is 0 Å². The van der Waals surface area contributed by atoms with Crippen LogP contribution in [0.3, 0.4) is 0 Å². The lowest BCUT2D eigenvalue weighted by Crippen LogP contribution is -2.52. The first-order valence-corrected chi connectivity index (χ1v) is 7.26. The summed E-state index contributed by atoms with van der Waals surface area (Å²) >= 11 is 6.25. The van der Waals surface area contributed by atoms with Crippen molar-refractivity contribution < 1.29 is 0 Å². The van der Waals surface area contributed by atoms with Crippen LogP contribution < -0.4 is 5.43 Å². The average molecular weight is 267 g/mol. The van der Waals surface area contributed by atoms with Crippen LogP contribution in [0.4, 0.5) is 0 Å². The smallest absolute Gasteiger partial charge is 0.0454 e. The molecule has 2 nitrogen and oxygen atoms in total. The van der Waals surface area contributed by atoms with Crippen LogP contribution >= 0.6 is 11.6 Å². The SMILES string of the molecule is CC(NN1C(C)CCCC1C)c1ccccc1Cl. The maximum atomic E-state index is 6.25. The quantitative estimate of drug-likeness (QED) is 0.883. The normalized spacial score (nSPS) is 27.1. The average Bonchev–Trinajstić information content (AvgIpc) is 2.34. The molecule has 18 heavy (non-hydrogen) atoms. The molecule has 2 rings (SSSR count). The molecule has 0 bridgehead atoms. The van der Waals surface area contributed by atoms with Gasteiger partial charge in [-0.15, -0.1) is 0 Å². The van der Waals surface area contributed by atoms with Crippen molar-refractivity contribution >= 4 is 11.6 Å². The predicted octanol–water partition coefficient (Wildman–Crippen LogP) is 4.17. The van der Waals surface area contributed by atoms with E-state index in [4.69, 9.17) is 11.6 Å². The third kappa shape index (κ3) is 3.05. The van der Waals surface area contributed by atoms with E-state index in [9.17, 15) is 0 Å². The van der Waals surface area contributed by atoms with Crippen LogP contribution in [-0.4, -0.2) is 17.1 Å². The Morgan fingerprint density at radius 3 is 2.44 bits per heavy atom. The van der Waals surface area contributed by atoms with E-state index in [0.717, 1.165) is 5.02 Å². The Bertz CT molecular complexity index is 384. The van der Waals surface area contributed by atoms with Gasteiger partial charge < -0.3 is 0 Å². The predicted molar refractivity (Wildman–Crippen MR) is 77.6 cm³/mol. The molecule has 0 spiro atoms. The lowest BCUT2D eigenvalue weighted by molar-refractivity contribution is 0.0320. The summed E-state index contributed by atoms with van der Waals surface area (Å²) < 4.78 is 0. The molecule has 0 saturated carbocycles. The van der Waals surface area contributed by atoms with Gasteiger partial charge in [-0.25, -0.2) is 10.4 Å². The van der Waals surface area contributed by atoms with Crippen molar-refractivity contribution in [2.24, 2.45) is 0 Å². The largest absolute Gasteiger partial charge is 0.247 e. The number of rotatable bonds is 3. The van der Waals surface area contributed by atoms with E-state index in [1.165, 1.54) is 24.8 Å². The van der Waals surface area contributed by atoms with Gasteiger partial charge in [-0.2, -0.15) is 0 Å². The van der Waals surface area contributed by atoms with Crippen LogP contribution in [0.25, 0.3) is 0 Å². The van der Waals surface area contributed by atoms with Crippen molar-refractivity contribution in [3.8, 4) is 0 Å². The van der Waals surface area contributed by atoms with Gasteiger partial charge in [-0.1, -0.05) is 36.2 Å². The Morgan fingerprint density at radius 2 is 1.83 bits per heavy atom. The minimum absolute atomic E-state index is 0.252. The van der Waals surface area contributed by atoms with Crippen LogP contribution in [0.15, 0.2) is 24.3 Å². The molecule has 0 aromatic heterocycles. The Labute approximate surface area is 115 Å². The molecule has 3 heteroatoms. The molecule has 1 aromatic rings. The van der Waals surface area contributed by atoms with E-state index in [-0.39, 0.29) is 6.04 Å². The summed E-state index contributed by atoms with van der Waals surface area (Å²) in [7, 11) is 0. The van der Waals surface area contributed by atoms with Crippen molar-refractivity contribution in [3.63, 3.8) is 0 Å². The third-order valence-corrected chi connectivity index (χ3v) is 4.25. The zero-order valence-corrected chi connectivity index (χ0v) is 12.2. The number of nitrogens with zero attached hydrogens (tertiary/aromatic N) is 1. The summed E-state index contributed by atoms with van der Waals surface area (Å²) in [6.07, 6.45) is 3.88. The first-order valence-electron chi connectivity index (χ1n) is 6.88. The van der Waals surface area contributed by atoms with Gasteiger partial charge >= 0.3 is 0 Å². The molecule has 3 atom stereocenters. The fraction of sp³-hybridized carbons (Fsp3) is 0.600. The molecule has 1 aliphatic rings. The molecule has 1 aliphatic heterocycles. The number of piperidine rings is 1. The first kappa shape index (κ1) is 13.9. The van der Waals surface area contributed by atoms with Crippen LogP contribution in [-0.2, 0) is 0 Å². The fourth-order valence-electron chi connectivity index (χ4n) is 2.80. The highest BCUT2D eigenvalue weighted by Crippen LogP contribution is 2.26. The summed E-state index contributed by atoms with van der Waals surface area (Å²) in [5.74, 6) is 0. The van der Waals surface area contributed by atoms with Crippen molar-refractivity contribution in [1.29, 1.82) is 0 Å². The Hall–Kier alpha value is -0.570. The van der Waals surface area contributed by atoms with Gasteiger partial charge in [0.15, 0.2) is 0 Å². The second-order valence-corrected chi connectivity index (χ2v) is 5.82. The van der Waals surface area contributed by atoms with Crippen LogP contribution in [0.1, 0.15) is 51.6 Å². The Kier molecular flexibility index (Phi) is 4.66. The van der Waals surface area contributed by atoms with Gasteiger partial charge in [-0.3, -0.25) is 0 Å². The summed E-state index contributed by atoms with van der Waals surface area (Å²) in [4.78, 5) is 0. The summed E-state index contributed by atoms with van der Waals surface area (Å²) in [6, 6.07) is 9.52. The molecule has 3 unspecified atom stereocenters. The van der Waals surface area contributed by atoms with E-state index in [0.29, 0.717) is 12.1 Å². The molecule has 0 radical (unpaired) electrons. The maximum Gasteiger partial charge on any atom is 0.0454 e. The highest BCUT2D eigenvalue weighted by molar-refractivity contribution is 6.31. The number of benzene rings is 1. The molecule has 1 fully saturated rings. The van der Waals surface area contributed by atoms with Crippen molar-refractivity contribution in [2.75, 3.05) is 0 Å². The fourth-order valence-corrected chi connectivity index (χ4v) is 3.09. The van der Waals surface area contributed by atoms with Crippen molar-refractivity contribution in [1.82, 2.24) is 10.4 Å².